The standard InChI is InChI=1S/C22H25NO5/c1-16-6-8-20(17(2)13-16)27-15-19-7-9-21(28-19)22(24)23(10-12-25-3)14-18-5-4-11-26-18/h4-9,11,13H,10,12,14-15H2,1-3H3. The maximum absolute atomic E-state index is 12.9. The molecule has 0 aliphatic rings. The van der Waals surface area contributed by atoms with Crippen LogP contribution in [0, 0.1) is 13.8 Å². The summed E-state index contributed by atoms with van der Waals surface area (Å²) in [7, 11) is 1.60. The number of furan rings is 2. The van der Waals surface area contributed by atoms with Gasteiger partial charge in [-0.05, 0) is 49.7 Å². The lowest BCUT2D eigenvalue weighted by atomic mass is 10.1. The number of ether oxygens (including phenoxy) is 2. The first-order valence-electron chi connectivity index (χ1n) is 9.16. The molecule has 0 aliphatic heterocycles. The maximum atomic E-state index is 12.9. The monoisotopic (exact) mass is 383 g/mol. The summed E-state index contributed by atoms with van der Waals surface area (Å²) < 4.78 is 22.0. The second-order valence-corrected chi connectivity index (χ2v) is 6.62. The van der Waals surface area contributed by atoms with Gasteiger partial charge in [0, 0.05) is 13.7 Å². The van der Waals surface area contributed by atoms with E-state index in [2.05, 4.69) is 6.07 Å². The molecule has 0 spiro atoms. The third-order valence-corrected chi connectivity index (χ3v) is 4.35. The van der Waals surface area contributed by atoms with Gasteiger partial charge >= 0.3 is 0 Å². The van der Waals surface area contributed by atoms with Crippen LogP contribution >= 0.6 is 0 Å². The zero-order valence-electron chi connectivity index (χ0n) is 16.4. The predicted molar refractivity (Wildman–Crippen MR) is 104 cm³/mol. The number of methoxy groups -OCH3 is 1. The molecular weight excluding hydrogens is 358 g/mol. The molecule has 6 nitrogen and oxygen atoms in total. The minimum absolute atomic E-state index is 0.216. The van der Waals surface area contributed by atoms with Crippen LogP contribution in [0.4, 0.5) is 0 Å². The summed E-state index contributed by atoms with van der Waals surface area (Å²) in [5.74, 6) is 2.14. The molecule has 0 atom stereocenters. The molecule has 0 saturated carbocycles. The minimum Gasteiger partial charge on any atom is -0.485 e. The van der Waals surface area contributed by atoms with Crippen LogP contribution in [0.3, 0.4) is 0 Å². The molecule has 0 aliphatic carbocycles. The van der Waals surface area contributed by atoms with Crippen LogP contribution in [0.2, 0.25) is 0 Å². The van der Waals surface area contributed by atoms with E-state index < -0.39 is 0 Å². The highest BCUT2D eigenvalue weighted by Gasteiger charge is 2.20. The Morgan fingerprint density at radius 3 is 2.68 bits per heavy atom. The maximum Gasteiger partial charge on any atom is 0.290 e. The van der Waals surface area contributed by atoms with Crippen molar-refractivity contribution >= 4 is 5.91 Å². The third-order valence-electron chi connectivity index (χ3n) is 4.35. The van der Waals surface area contributed by atoms with E-state index in [9.17, 15) is 4.79 Å². The van der Waals surface area contributed by atoms with Crippen LogP contribution in [-0.4, -0.2) is 31.1 Å². The van der Waals surface area contributed by atoms with Gasteiger partial charge in [-0.15, -0.1) is 0 Å². The molecule has 0 N–H and O–H groups in total. The van der Waals surface area contributed by atoms with Crippen molar-refractivity contribution in [2.24, 2.45) is 0 Å². The molecule has 3 rings (SSSR count). The van der Waals surface area contributed by atoms with Crippen molar-refractivity contribution in [3.05, 3.63) is 77.1 Å². The van der Waals surface area contributed by atoms with Gasteiger partial charge in [0.2, 0.25) is 0 Å². The SMILES string of the molecule is COCCN(Cc1ccco1)C(=O)c1ccc(COc2ccc(C)cc2C)o1. The summed E-state index contributed by atoms with van der Waals surface area (Å²) in [5.41, 5.74) is 2.25. The van der Waals surface area contributed by atoms with Crippen molar-refractivity contribution in [2.75, 3.05) is 20.3 Å². The van der Waals surface area contributed by atoms with Gasteiger partial charge < -0.3 is 23.2 Å². The average molecular weight is 383 g/mol. The fourth-order valence-electron chi connectivity index (χ4n) is 2.88. The van der Waals surface area contributed by atoms with Crippen LogP contribution < -0.4 is 4.74 Å². The Kier molecular flexibility index (Phi) is 6.55. The van der Waals surface area contributed by atoms with Gasteiger partial charge in [-0.25, -0.2) is 0 Å². The Hall–Kier alpha value is -2.99. The van der Waals surface area contributed by atoms with Gasteiger partial charge in [0.25, 0.3) is 5.91 Å². The average Bonchev–Trinajstić information content (AvgIpc) is 3.36. The first-order valence-corrected chi connectivity index (χ1v) is 9.16. The summed E-state index contributed by atoms with van der Waals surface area (Å²) in [6, 6.07) is 13.1. The molecule has 1 amide bonds. The Morgan fingerprint density at radius 1 is 1.11 bits per heavy atom. The highest BCUT2D eigenvalue weighted by Crippen LogP contribution is 2.21. The number of carbonyl (C=O) groups is 1. The normalized spacial score (nSPS) is 10.8. The van der Waals surface area contributed by atoms with E-state index in [-0.39, 0.29) is 18.3 Å². The van der Waals surface area contributed by atoms with E-state index >= 15 is 0 Å². The molecule has 2 heterocycles. The summed E-state index contributed by atoms with van der Waals surface area (Å²) >= 11 is 0. The Balaban J connectivity index is 1.65. The summed E-state index contributed by atoms with van der Waals surface area (Å²) in [6.07, 6.45) is 1.59. The van der Waals surface area contributed by atoms with Crippen LogP contribution in [0.15, 0.2) is 57.6 Å². The number of hydrogen-bond acceptors (Lipinski definition) is 5. The fourth-order valence-corrected chi connectivity index (χ4v) is 2.88. The Bertz CT molecular complexity index is 898. The quantitative estimate of drug-likeness (QED) is 0.549. The van der Waals surface area contributed by atoms with Crippen LogP contribution in [-0.2, 0) is 17.9 Å². The summed E-state index contributed by atoms with van der Waals surface area (Å²) in [4.78, 5) is 14.5. The molecule has 0 fully saturated rings. The molecule has 0 saturated heterocycles. The van der Waals surface area contributed by atoms with Crippen LogP contribution in [0.5, 0.6) is 5.75 Å². The number of nitrogens with zero attached hydrogens (tertiary/aromatic N) is 1. The van der Waals surface area contributed by atoms with Crippen LogP contribution in [0.25, 0.3) is 0 Å². The Labute approximate surface area is 164 Å². The predicted octanol–water partition coefficient (Wildman–Crippen LogP) is 4.36. The van der Waals surface area contributed by atoms with E-state index in [1.807, 2.05) is 32.0 Å². The number of amides is 1. The van der Waals surface area contributed by atoms with Gasteiger partial charge in [0.15, 0.2) is 5.76 Å². The van der Waals surface area contributed by atoms with Crippen LogP contribution in [0.1, 0.15) is 33.2 Å². The first-order chi connectivity index (χ1) is 13.6. The van der Waals surface area contributed by atoms with Crippen molar-refractivity contribution in [1.82, 2.24) is 4.90 Å². The van der Waals surface area contributed by atoms with Crippen molar-refractivity contribution in [1.29, 1.82) is 0 Å². The zero-order valence-corrected chi connectivity index (χ0v) is 16.4. The first kappa shape index (κ1) is 19.8. The molecular formula is C22H25NO5. The summed E-state index contributed by atoms with van der Waals surface area (Å²) in [6.45, 7) is 5.51. The van der Waals surface area contributed by atoms with Gasteiger partial charge in [-0.3, -0.25) is 4.79 Å². The molecule has 0 unspecified atom stereocenters. The van der Waals surface area contributed by atoms with Crippen molar-refractivity contribution in [3.63, 3.8) is 0 Å². The zero-order chi connectivity index (χ0) is 19.9. The lowest BCUT2D eigenvalue weighted by Gasteiger charge is -2.20. The van der Waals surface area contributed by atoms with Crippen molar-refractivity contribution in [2.45, 2.75) is 27.0 Å². The van der Waals surface area contributed by atoms with Gasteiger partial charge in [0.05, 0.1) is 19.4 Å². The number of benzene rings is 1. The molecule has 148 valence electrons. The third kappa shape index (κ3) is 5.04. The van der Waals surface area contributed by atoms with E-state index in [4.69, 9.17) is 18.3 Å². The molecule has 0 bridgehead atoms. The number of aryl methyl sites for hydroxylation is 2. The Morgan fingerprint density at radius 2 is 1.96 bits per heavy atom. The van der Waals surface area contributed by atoms with Crippen molar-refractivity contribution < 1.29 is 23.1 Å². The molecule has 2 aromatic heterocycles. The van der Waals surface area contributed by atoms with E-state index in [0.717, 1.165) is 11.3 Å². The minimum atomic E-state index is -0.216. The highest BCUT2D eigenvalue weighted by molar-refractivity contribution is 5.91. The topological polar surface area (TPSA) is 65.0 Å². The molecule has 0 radical (unpaired) electrons. The fraction of sp³-hybridized carbons (Fsp3) is 0.318. The lowest BCUT2D eigenvalue weighted by molar-refractivity contribution is 0.0631. The van der Waals surface area contributed by atoms with Gasteiger partial charge in [-0.1, -0.05) is 17.7 Å². The largest absolute Gasteiger partial charge is 0.485 e. The van der Waals surface area contributed by atoms with E-state index in [0.29, 0.717) is 31.2 Å². The number of hydrogen-bond donors (Lipinski definition) is 0. The van der Waals surface area contributed by atoms with E-state index in [1.165, 1.54) is 5.56 Å². The van der Waals surface area contributed by atoms with Gasteiger partial charge in [0.1, 0.15) is 23.9 Å². The second kappa shape index (κ2) is 9.28. The number of rotatable bonds is 9. The van der Waals surface area contributed by atoms with Gasteiger partial charge in [-0.2, -0.15) is 0 Å². The molecule has 6 heteroatoms. The second-order valence-electron chi connectivity index (χ2n) is 6.62. The van der Waals surface area contributed by atoms with E-state index in [1.54, 1.807) is 36.5 Å². The highest BCUT2D eigenvalue weighted by atomic mass is 16.5. The smallest absolute Gasteiger partial charge is 0.290 e. The lowest BCUT2D eigenvalue weighted by Crippen LogP contribution is -2.33. The molecule has 3 aromatic rings. The molecule has 28 heavy (non-hydrogen) atoms. The summed E-state index contributed by atoms with van der Waals surface area (Å²) in [5, 5.41) is 0. The number of carbonyl (C=O) groups excluding carboxylic acids is 1. The molecule has 1 aromatic carbocycles. The van der Waals surface area contributed by atoms with Crippen molar-refractivity contribution in [3.8, 4) is 5.75 Å².